The molecule has 0 spiro atoms. The van der Waals surface area contributed by atoms with Crippen LogP contribution >= 0.6 is 0 Å². The maximum atomic E-state index is 9.28. The summed E-state index contributed by atoms with van der Waals surface area (Å²) < 4.78 is 0. The SMILES string of the molecule is C[C@@H](O)CN(CC#N)Cc1ccccc1. The van der Waals surface area contributed by atoms with Crippen molar-refractivity contribution in [2.75, 3.05) is 13.1 Å². The van der Waals surface area contributed by atoms with Gasteiger partial charge in [-0.3, -0.25) is 4.90 Å². The average molecular weight is 204 g/mol. The van der Waals surface area contributed by atoms with Crippen LogP contribution in [0.5, 0.6) is 0 Å². The molecule has 0 fully saturated rings. The highest BCUT2D eigenvalue weighted by Crippen LogP contribution is 2.04. The molecule has 0 radical (unpaired) electrons. The molecule has 0 saturated carbocycles. The first-order chi connectivity index (χ1) is 7.22. The van der Waals surface area contributed by atoms with Gasteiger partial charge >= 0.3 is 0 Å². The van der Waals surface area contributed by atoms with Gasteiger partial charge in [-0.05, 0) is 12.5 Å². The van der Waals surface area contributed by atoms with Crippen LogP contribution in [0.4, 0.5) is 0 Å². The summed E-state index contributed by atoms with van der Waals surface area (Å²) in [5.41, 5.74) is 1.16. The molecule has 0 aliphatic carbocycles. The van der Waals surface area contributed by atoms with Crippen LogP contribution < -0.4 is 0 Å². The quantitative estimate of drug-likeness (QED) is 0.737. The number of aliphatic hydroxyl groups excluding tert-OH is 1. The highest BCUT2D eigenvalue weighted by atomic mass is 16.3. The van der Waals surface area contributed by atoms with Gasteiger partial charge in [0.2, 0.25) is 0 Å². The van der Waals surface area contributed by atoms with Crippen LogP contribution in [0.2, 0.25) is 0 Å². The van der Waals surface area contributed by atoms with Crippen molar-refractivity contribution in [3.05, 3.63) is 35.9 Å². The Bertz CT molecular complexity index is 316. The Hall–Kier alpha value is -1.37. The van der Waals surface area contributed by atoms with Crippen molar-refractivity contribution in [3.8, 4) is 6.07 Å². The second-order valence-corrected chi connectivity index (χ2v) is 3.66. The third kappa shape index (κ3) is 4.59. The Morgan fingerprint density at radius 3 is 2.60 bits per heavy atom. The molecule has 0 unspecified atom stereocenters. The van der Waals surface area contributed by atoms with Gasteiger partial charge in [0.05, 0.1) is 18.7 Å². The van der Waals surface area contributed by atoms with Gasteiger partial charge in [0.1, 0.15) is 0 Å². The number of hydrogen-bond acceptors (Lipinski definition) is 3. The molecule has 0 aromatic heterocycles. The lowest BCUT2D eigenvalue weighted by Crippen LogP contribution is -2.30. The second-order valence-electron chi connectivity index (χ2n) is 3.66. The Labute approximate surface area is 90.6 Å². The van der Waals surface area contributed by atoms with Crippen molar-refractivity contribution >= 4 is 0 Å². The van der Waals surface area contributed by atoms with Crippen LogP contribution in [0.15, 0.2) is 30.3 Å². The minimum atomic E-state index is -0.401. The van der Waals surface area contributed by atoms with Crippen LogP contribution in [0.3, 0.4) is 0 Å². The van der Waals surface area contributed by atoms with Gasteiger partial charge in [-0.15, -0.1) is 0 Å². The molecule has 1 aromatic carbocycles. The standard InChI is InChI=1S/C12H16N2O/c1-11(15)9-14(8-7-13)10-12-5-3-2-4-6-12/h2-6,11,15H,8-10H2,1H3/t11-/m1/s1. The summed E-state index contributed by atoms with van der Waals surface area (Å²) >= 11 is 0. The smallest absolute Gasteiger partial charge is 0.0869 e. The largest absolute Gasteiger partial charge is 0.392 e. The molecule has 0 amide bonds. The summed E-state index contributed by atoms with van der Waals surface area (Å²) in [4.78, 5) is 1.93. The second kappa shape index (κ2) is 6.18. The number of aliphatic hydroxyl groups is 1. The molecular formula is C12H16N2O. The maximum Gasteiger partial charge on any atom is 0.0869 e. The Morgan fingerprint density at radius 1 is 1.40 bits per heavy atom. The fraction of sp³-hybridized carbons (Fsp3) is 0.417. The van der Waals surface area contributed by atoms with Crippen LogP contribution in [-0.2, 0) is 6.54 Å². The fourth-order valence-electron chi connectivity index (χ4n) is 1.50. The summed E-state index contributed by atoms with van der Waals surface area (Å²) in [6.07, 6.45) is -0.401. The molecular weight excluding hydrogens is 188 g/mol. The van der Waals surface area contributed by atoms with Crippen LogP contribution in [0.25, 0.3) is 0 Å². The van der Waals surface area contributed by atoms with E-state index < -0.39 is 6.10 Å². The topological polar surface area (TPSA) is 47.3 Å². The highest BCUT2D eigenvalue weighted by Gasteiger charge is 2.07. The van der Waals surface area contributed by atoms with Gasteiger partial charge in [-0.25, -0.2) is 0 Å². The van der Waals surface area contributed by atoms with Gasteiger partial charge in [0, 0.05) is 13.1 Å². The molecule has 0 aliphatic heterocycles. The molecule has 3 nitrogen and oxygen atoms in total. The van der Waals surface area contributed by atoms with Crippen molar-refractivity contribution in [2.24, 2.45) is 0 Å². The van der Waals surface area contributed by atoms with E-state index in [-0.39, 0.29) is 0 Å². The number of rotatable bonds is 5. The molecule has 15 heavy (non-hydrogen) atoms. The van der Waals surface area contributed by atoms with E-state index in [1.165, 1.54) is 0 Å². The fourth-order valence-corrected chi connectivity index (χ4v) is 1.50. The summed E-state index contributed by atoms with van der Waals surface area (Å²) in [7, 11) is 0. The number of benzene rings is 1. The molecule has 0 heterocycles. The van der Waals surface area contributed by atoms with E-state index in [2.05, 4.69) is 6.07 Å². The molecule has 3 heteroatoms. The van der Waals surface area contributed by atoms with E-state index in [1.54, 1.807) is 6.92 Å². The molecule has 1 N–H and O–H groups in total. The van der Waals surface area contributed by atoms with E-state index in [9.17, 15) is 5.11 Å². The molecule has 1 rings (SSSR count). The molecule has 0 bridgehead atoms. The summed E-state index contributed by atoms with van der Waals surface area (Å²) in [5.74, 6) is 0. The van der Waals surface area contributed by atoms with Gasteiger partial charge in [0.15, 0.2) is 0 Å². The Kier molecular flexibility index (Phi) is 4.82. The van der Waals surface area contributed by atoms with Crippen LogP contribution in [0.1, 0.15) is 12.5 Å². The first kappa shape index (κ1) is 11.7. The van der Waals surface area contributed by atoms with Gasteiger partial charge in [-0.1, -0.05) is 30.3 Å². The zero-order valence-electron chi connectivity index (χ0n) is 8.93. The number of hydrogen-bond donors (Lipinski definition) is 1. The van der Waals surface area contributed by atoms with Gasteiger partial charge in [-0.2, -0.15) is 5.26 Å². The van der Waals surface area contributed by atoms with Crippen molar-refractivity contribution in [1.82, 2.24) is 4.90 Å². The lowest BCUT2D eigenvalue weighted by molar-refractivity contribution is 0.131. The first-order valence-electron chi connectivity index (χ1n) is 5.03. The monoisotopic (exact) mass is 204 g/mol. The van der Waals surface area contributed by atoms with Gasteiger partial charge < -0.3 is 5.11 Å². The van der Waals surface area contributed by atoms with Crippen LogP contribution in [0, 0.1) is 11.3 Å². The normalized spacial score (nSPS) is 12.4. The third-order valence-corrected chi connectivity index (χ3v) is 2.07. The summed E-state index contributed by atoms with van der Waals surface area (Å²) in [5, 5.41) is 17.9. The lowest BCUT2D eigenvalue weighted by Gasteiger charge is -2.20. The first-order valence-corrected chi connectivity index (χ1v) is 5.03. The summed E-state index contributed by atoms with van der Waals surface area (Å²) in [6.45, 7) is 3.32. The molecule has 80 valence electrons. The summed E-state index contributed by atoms with van der Waals surface area (Å²) in [6, 6.07) is 12.1. The van der Waals surface area contributed by atoms with E-state index in [1.807, 2.05) is 35.2 Å². The lowest BCUT2D eigenvalue weighted by atomic mass is 10.2. The van der Waals surface area contributed by atoms with Crippen molar-refractivity contribution in [1.29, 1.82) is 5.26 Å². The molecule has 1 aromatic rings. The third-order valence-electron chi connectivity index (χ3n) is 2.07. The highest BCUT2D eigenvalue weighted by molar-refractivity contribution is 5.14. The van der Waals surface area contributed by atoms with Gasteiger partial charge in [0.25, 0.3) is 0 Å². The predicted octanol–water partition coefficient (Wildman–Crippen LogP) is 1.39. The molecule has 0 saturated heterocycles. The average Bonchev–Trinajstić information content (AvgIpc) is 2.18. The zero-order chi connectivity index (χ0) is 11.1. The van der Waals surface area contributed by atoms with E-state index in [4.69, 9.17) is 5.26 Å². The van der Waals surface area contributed by atoms with E-state index >= 15 is 0 Å². The van der Waals surface area contributed by atoms with Crippen molar-refractivity contribution in [3.63, 3.8) is 0 Å². The number of nitrogens with zero attached hydrogens (tertiary/aromatic N) is 2. The zero-order valence-corrected chi connectivity index (χ0v) is 8.93. The maximum absolute atomic E-state index is 9.28. The van der Waals surface area contributed by atoms with E-state index in [0.717, 1.165) is 5.56 Å². The Balaban J connectivity index is 2.55. The minimum absolute atomic E-state index is 0.347. The Morgan fingerprint density at radius 2 is 2.07 bits per heavy atom. The van der Waals surface area contributed by atoms with Crippen molar-refractivity contribution < 1.29 is 5.11 Å². The van der Waals surface area contributed by atoms with E-state index in [0.29, 0.717) is 19.6 Å². The van der Waals surface area contributed by atoms with Crippen LogP contribution in [-0.4, -0.2) is 29.2 Å². The molecule has 1 atom stereocenters. The van der Waals surface area contributed by atoms with Crippen molar-refractivity contribution in [2.45, 2.75) is 19.6 Å². The minimum Gasteiger partial charge on any atom is -0.392 e. The predicted molar refractivity (Wildman–Crippen MR) is 59.0 cm³/mol. The number of nitriles is 1. The molecule has 0 aliphatic rings.